The molecule has 2 rings (SSSR count). The second-order valence-electron chi connectivity index (χ2n) is 3.84. The first-order valence-corrected chi connectivity index (χ1v) is 5.59. The average molecular weight is 229 g/mol. The van der Waals surface area contributed by atoms with Gasteiger partial charge in [-0.1, -0.05) is 25.1 Å². The lowest BCUT2D eigenvalue weighted by molar-refractivity contribution is 0.102. The standard InChI is InChI=1S/C13H15N3O/c1-3-12-11(9-16(2)15-12)13(17)14-10-7-5-4-6-8-10/h4-9H,3H2,1-2H3,(H,14,17). The van der Waals surface area contributed by atoms with Gasteiger partial charge < -0.3 is 5.32 Å². The van der Waals surface area contributed by atoms with Crippen molar-refractivity contribution in [2.24, 2.45) is 7.05 Å². The van der Waals surface area contributed by atoms with E-state index in [4.69, 9.17) is 0 Å². The zero-order chi connectivity index (χ0) is 12.3. The van der Waals surface area contributed by atoms with Gasteiger partial charge in [0, 0.05) is 18.9 Å². The van der Waals surface area contributed by atoms with Gasteiger partial charge in [0.15, 0.2) is 0 Å². The molecule has 0 saturated heterocycles. The van der Waals surface area contributed by atoms with E-state index in [2.05, 4.69) is 10.4 Å². The zero-order valence-corrected chi connectivity index (χ0v) is 9.97. The van der Waals surface area contributed by atoms with Gasteiger partial charge in [0.05, 0.1) is 11.3 Å². The van der Waals surface area contributed by atoms with Crippen LogP contribution in [0.15, 0.2) is 36.5 Å². The Kier molecular flexibility index (Phi) is 3.23. The quantitative estimate of drug-likeness (QED) is 0.877. The van der Waals surface area contributed by atoms with Gasteiger partial charge in [-0.3, -0.25) is 9.48 Å². The lowest BCUT2D eigenvalue weighted by Crippen LogP contribution is -2.12. The summed E-state index contributed by atoms with van der Waals surface area (Å²) in [5, 5.41) is 7.10. The van der Waals surface area contributed by atoms with Crippen molar-refractivity contribution < 1.29 is 4.79 Å². The average Bonchev–Trinajstić information content (AvgIpc) is 2.72. The smallest absolute Gasteiger partial charge is 0.259 e. The Morgan fingerprint density at radius 2 is 2.06 bits per heavy atom. The second-order valence-corrected chi connectivity index (χ2v) is 3.84. The predicted molar refractivity (Wildman–Crippen MR) is 67.0 cm³/mol. The van der Waals surface area contributed by atoms with Gasteiger partial charge in [0.25, 0.3) is 5.91 Å². The number of hydrogen-bond acceptors (Lipinski definition) is 2. The van der Waals surface area contributed by atoms with Crippen molar-refractivity contribution in [3.05, 3.63) is 47.8 Å². The van der Waals surface area contributed by atoms with Gasteiger partial charge in [0.1, 0.15) is 0 Å². The first-order chi connectivity index (χ1) is 8.20. The SMILES string of the molecule is CCc1nn(C)cc1C(=O)Nc1ccccc1. The maximum absolute atomic E-state index is 12.0. The third kappa shape index (κ3) is 2.53. The molecule has 0 saturated carbocycles. The van der Waals surface area contributed by atoms with Crippen molar-refractivity contribution >= 4 is 11.6 Å². The maximum Gasteiger partial charge on any atom is 0.259 e. The van der Waals surface area contributed by atoms with E-state index in [1.807, 2.05) is 44.3 Å². The second kappa shape index (κ2) is 4.82. The van der Waals surface area contributed by atoms with Crippen LogP contribution in [-0.2, 0) is 13.5 Å². The number of rotatable bonds is 3. The summed E-state index contributed by atoms with van der Waals surface area (Å²) in [4.78, 5) is 12.0. The van der Waals surface area contributed by atoms with Crippen molar-refractivity contribution in [2.75, 3.05) is 5.32 Å². The molecule has 1 aromatic carbocycles. The monoisotopic (exact) mass is 229 g/mol. The highest BCUT2D eigenvalue weighted by molar-refractivity contribution is 6.04. The molecule has 0 aliphatic rings. The normalized spacial score (nSPS) is 10.2. The Bertz CT molecular complexity index is 517. The van der Waals surface area contributed by atoms with E-state index in [0.717, 1.165) is 17.8 Å². The summed E-state index contributed by atoms with van der Waals surface area (Å²) in [5.41, 5.74) is 2.25. The van der Waals surface area contributed by atoms with E-state index >= 15 is 0 Å². The molecule has 1 N–H and O–H groups in total. The summed E-state index contributed by atoms with van der Waals surface area (Å²) in [6, 6.07) is 9.41. The van der Waals surface area contributed by atoms with E-state index in [1.54, 1.807) is 10.9 Å². The Labute approximate surface area is 100 Å². The molecule has 1 aromatic heterocycles. The fraction of sp³-hybridized carbons (Fsp3) is 0.231. The highest BCUT2D eigenvalue weighted by Gasteiger charge is 2.13. The van der Waals surface area contributed by atoms with Crippen LogP contribution in [0.1, 0.15) is 23.0 Å². The summed E-state index contributed by atoms with van der Waals surface area (Å²) in [6.45, 7) is 1.99. The Balaban J connectivity index is 2.20. The number of benzene rings is 1. The number of aromatic nitrogens is 2. The fourth-order valence-corrected chi connectivity index (χ4v) is 1.71. The van der Waals surface area contributed by atoms with Crippen LogP contribution in [0.25, 0.3) is 0 Å². The van der Waals surface area contributed by atoms with E-state index in [0.29, 0.717) is 5.56 Å². The van der Waals surface area contributed by atoms with Gasteiger partial charge in [-0.05, 0) is 18.6 Å². The predicted octanol–water partition coefficient (Wildman–Crippen LogP) is 2.23. The lowest BCUT2D eigenvalue weighted by atomic mass is 10.2. The summed E-state index contributed by atoms with van der Waals surface area (Å²) in [7, 11) is 1.82. The number of hydrogen-bond donors (Lipinski definition) is 1. The summed E-state index contributed by atoms with van der Waals surface area (Å²) in [5.74, 6) is -0.110. The molecule has 2 aromatic rings. The largest absolute Gasteiger partial charge is 0.322 e. The topological polar surface area (TPSA) is 46.9 Å². The molecule has 0 atom stereocenters. The molecule has 0 aliphatic carbocycles. The van der Waals surface area contributed by atoms with Crippen LogP contribution in [0.2, 0.25) is 0 Å². The van der Waals surface area contributed by atoms with Gasteiger partial charge in [-0.2, -0.15) is 5.10 Å². The Morgan fingerprint density at radius 3 is 2.71 bits per heavy atom. The number of amides is 1. The number of anilines is 1. The fourth-order valence-electron chi connectivity index (χ4n) is 1.71. The summed E-state index contributed by atoms with van der Waals surface area (Å²) in [6.07, 6.45) is 2.50. The summed E-state index contributed by atoms with van der Waals surface area (Å²) < 4.78 is 1.67. The van der Waals surface area contributed by atoms with Crippen LogP contribution >= 0.6 is 0 Å². The number of aryl methyl sites for hydroxylation is 2. The van der Waals surface area contributed by atoms with Crippen molar-refractivity contribution in [1.29, 1.82) is 0 Å². The van der Waals surface area contributed by atoms with Gasteiger partial charge in [-0.25, -0.2) is 0 Å². The minimum atomic E-state index is -0.110. The van der Waals surface area contributed by atoms with Crippen LogP contribution in [0.3, 0.4) is 0 Å². The third-order valence-electron chi connectivity index (χ3n) is 2.52. The van der Waals surface area contributed by atoms with Gasteiger partial charge >= 0.3 is 0 Å². The molecular weight excluding hydrogens is 214 g/mol. The van der Waals surface area contributed by atoms with Crippen molar-refractivity contribution in [3.8, 4) is 0 Å². The first kappa shape index (κ1) is 11.4. The molecule has 4 heteroatoms. The number of para-hydroxylation sites is 1. The van der Waals surface area contributed by atoms with Crippen LogP contribution in [0.5, 0.6) is 0 Å². The minimum absolute atomic E-state index is 0.110. The number of nitrogens with one attached hydrogen (secondary N) is 1. The molecule has 88 valence electrons. The minimum Gasteiger partial charge on any atom is -0.322 e. The number of carbonyl (C=O) groups is 1. The van der Waals surface area contributed by atoms with Gasteiger partial charge in [-0.15, -0.1) is 0 Å². The van der Waals surface area contributed by atoms with E-state index < -0.39 is 0 Å². The first-order valence-electron chi connectivity index (χ1n) is 5.59. The molecular formula is C13H15N3O. The Hall–Kier alpha value is -2.10. The van der Waals surface area contributed by atoms with E-state index in [9.17, 15) is 4.79 Å². The molecule has 4 nitrogen and oxygen atoms in total. The third-order valence-corrected chi connectivity index (χ3v) is 2.52. The van der Waals surface area contributed by atoms with Crippen LogP contribution < -0.4 is 5.32 Å². The summed E-state index contributed by atoms with van der Waals surface area (Å²) >= 11 is 0. The molecule has 0 aliphatic heterocycles. The number of nitrogens with zero attached hydrogens (tertiary/aromatic N) is 2. The molecule has 0 unspecified atom stereocenters. The van der Waals surface area contributed by atoms with Crippen molar-refractivity contribution in [2.45, 2.75) is 13.3 Å². The maximum atomic E-state index is 12.0. The molecule has 17 heavy (non-hydrogen) atoms. The molecule has 0 radical (unpaired) electrons. The van der Waals surface area contributed by atoms with Crippen molar-refractivity contribution in [1.82, 2.24) is 9.78 Å². The molecule has 0 spiro atoms. The van der Waals surface area contributed by atoms with E-state index in [-0.39, 0.29) is 5.91 Å². The van der Waals surface area contributed by atoms with Gasteiger partial charge in [0.2, 0.25) is 0 Å². The van der Waals surface area contributed by atoms with Crippen LogP contribution in [0.4, 0.5) is 5.69 Å². The Morgan fingerprint density at radius 1 is 1.35 bits per heavy atom. The molecule has 1 amide bonds. The molecule has 1 heterocycles. The van der Waals surface area contributed by atoms with Crippen LogP contribution in [0, 0.1) is 0 Å². The zero-order valence-electron chi connectivity index (χ0n) is 9.97. The van der Waals surface area contributed by atoms with Crippen molar-refractivity contribution in [3.63, 3.8) is 0 Å². The number of carbonyl (C=O) groups excluding carboxylic acids is 1. The highest BCUT2D eigenvalue weighted by Crippen LogP contribution is 2.11. The molecule has 0 fully saturated rings. The van der Waals surface area contributed by atoms with Crippen LogP contribution in [-0.4, -0.2) is 15.7 Å². The van der Waals surface area contributed by atoms with E-state index in [1.165, 1.54) is 0 Å². The molecule has 0 bridgehead atoms. The lowest BCUT2D eigenvalue weighted by Gasteiger charge is -2.03. The highest BCUT2D eigenvalue weighted by atomic mass is 16.1.